The van der Waals surface area contributed by atoms with Crippen LogP contribution in [0.15, 0.2) is 17.6 Å². The number of aromatic nitrogens is 2. The van der Waals surface area contributed by atoms with Crippen LogP contribution in [-0.2, 0) is 23.9 Å². The Morgan fingerprint density at radius 1 is 1.00 bits per heavy atom. The molecule has 2 heterocycles. The van der Waals surface area contributed by atoms with Gasteiger partial charge in [-0.05, 0) is 27.7 Å². The third-order valence-corrected chi connectivity index (χ3v) is 6.50. The highest BCUT2D eigenvalue weighted by atomic mass is 35.5. The van der Waals surface area contributed by atoms with Crippen molar-refractivity contribution in [3.05, 3.63) is 17.4 Å². The van der Waals surface area contributed by atoms with Gasteiger partial charge in [0.1, 0.15) is 12.2 Å². The lowest BCUT2D eigenvalue weighted by Gasteiger charge is -2.58. The molecule has 4 N–H and O–H groups in total. The monoisotopic (exact) mass is 476 g/mol. The topological polar surface area (TPSA) is 184 Å². The first-order valence-corrected chi connectivity index (χ1v) is 10.1. The summed E-state index contributed by atoms with van der Waals surface area (Å²) in [7, 11) is 0. The van der Waals surface area contributed by atoms with E-state index >= 15 is 0 Å². The van der Waals surface area contributed by atoms with Crippen LogP contribution in [0.3, 0.4) is 0 Å². The molecule has 2 unspecified atom stereocenters. The maximum Gasteiger partial charge on any atom is 0.200 e. The van der Waals surface area contributed by atoms with E-state index in [0.29, 0.717) is 11.8 Å². The molecule has 0 spiro atoms. The van der Waals surface area contributed by atoms with Crippen LogP contribution < -0.4 is 0 Å². The van der Waals surface area contributed by atoms with Gasteiger partial charge in [0, 0.05) is 0 Å². The Morgan fingerprint density at radius 2 is 1.48 bits per heavy atom. The third-order valence-electron chi connectivity index (χ3n) is 5.22. The third kappa shape index (κ3) is 3.71. The lowest BCUT2D eigenvalue weighted by atomic mass is 9.60. The quantitative estimate of drug-likeness (QED) is 0.347. The number of halogens is 1. The average Bonchev–Trinajstić information content (AvgIpc) is 2.68. The summed E-state index contributed by atoms with van der Waals surface area (Å²) < 4.78 is 5.47. The zero-order valence-corrected chi connectivity index (χ0v) is 18.5. The second kappa shape index (κ2) is 8.62. The predicted octanol–water partition coefficient (Wildman–Crippen LogP) is -1.14. The van der Waals surface area contributed by atoms with Gasteiger partial charge in [-0.1, -0.05) is 23.4 Å². The van der Waals surface area contributed by atoms with Crippen LogP contribution in [-0.4, -0.2) is 88.0 Å². The van der Waals surface area contributed by atoms with E-state index in [0.717, 1.165) is 27.7 Å². The molecular weight excluding hydrogens is 456 g/mol. The Labute approximate surface area is 185 Å². The van der Waals surface area contributed by atoms with E-state index < -0.39 is 57.6 Å². The van der Waals surface area contributed by atoms with E-state index in [1.54, 1.807) is 0 Å². The molecule has 6 atom stereocenters. The number of aliphatic hydroxyl groups is 4. The standard InChI is InChI=1S/C18H21ClN2O9S/c1-7(22)12(26)13-16(27,8(2)23)18(29,10(4)25)17(28,9(3)24)14(30-13)31-15-20-5-11(19)6-21-15/h5-6,12-14,26-29H,1-4H3/t12?,13-,14?,16-,17+,18+/m1/s1. The zero-order valence-electron chi connectivity index (χ0n) is 16.9. The second-order valence-corrected chi connectivity index (χ2v) is 8.62. The summed E-state index contributed by atoms with van der Waals surface area (Å²) in [6, 6.07) is 0. The molecule has 31 heavy (non-hydrogen) atoms. The number of thioether (sulfide) groups is 1. The van der Waals surface area contributed by atoms with Crippen molar-refractivity contribution in [3.8, 4) is 0 Å². The van der Waals surface area contributed by atoms with Gasteiger partial charge >= 0.3 is 0 Å². The summed E-state index contributed by atoms with van der Waals surface area (Å²) in [5.74, 6) is -4.93. The summed E-state index contributed by atoms with van der Waals surface area (Å²) in [6.45, 7) is 3.19. The first-order valence-electron chi connectivity index (χ1n) is 8.84. The summed E-state index contributed by atoms with van der Waals surface area (Å²) in [4.78, 5) is 57.1. The minimum atomic E-state index is -3.50. The summed E-state index contributed by atoms with van der Waals surface area (Å²) in [5, 5.41) is 44.2. The maximum absolute atomic E-state index is 12.6. The number of carbonyl (C=O) groups is 4. The number of rotatable bonds is 7. The number of hydrogen-bond donors (Lipinski definition) is 4. The van der Waals surface area contributed by atoms with E-state index in [2.05, 4.69) is 9.97 Å². The van der Waals surface area contributed by atoms with Crippen LogP contribution in [0, 0.1) is 0 Å². The Hall–Kier alpha value is -1.80. The smallest absolute Gasteiger partial charge is 0.200 e. The SMILES string of the molecule is CC(=O)C(O)[C@H]1OC(Sc2ncc(Cl)cn2)[C@@](O)(C(C)=O)[C@](O)(C(C)=O)[C@@]1(O)C(C)=O. The van der Waals surface area contributed by atoms with Crippen LogP contribution in [0.25, 0.3) is 0 Å². The second-order valence-electron chi connectivity index (χ2n) is 7.16. The van der Waals surface area contributed by atoms with Crippen LogP contribution in [0.4, 0.5) is 0 Å². The fraction of sp³-hybridized carbons (Fsp3) is 0.556. The van der Waals surface area contributed by atoms with Crippen molar-refractivity contribution >= 4 is 46.5 Å². The Bertz CT molecular complexity index is 929. The normalized spacial score (nSPS) is 34.1. The molecule has 1 saturated heterocycles. The molecule has 1 aliphatic heterocycles. The van der Waals surface area contributed by atoms with Gasteiger partial charge in [0.25, 0.3) is 0 Å². The maximum atomic E-state index is 12.6. The van der Waals surface area contributed by atoms with Crippen LogP contribution >= 0.6 is 23.4 Å². The van der Waals surface area contributed by atoms with Gasteiger partial charge in [-0.2, -0.15) is 0 Å². The Balaban J connectivity index is 2.81. The summed E-state index contributed by atoms with van der Waals surface area (Å²) in [6.07, 6.45) is -2.07. The number of aliphatic hydroxyl groups excluding tert-OH is 1. The molecule has 2 rings (SSSR count). The van der Waals surface area contributed by atoms with E-state index in [1.807, 2.05) is 0 Å². The molecule has 0 radical (unpaired) electrons. The van der Waals surface area contributed by atoms with Gasteiger partial charge < -0.3 is 25.2 Å². The zero-order chi connectivity index (χ0) is 23.9. The van der Waals surface area contributed by atoms with Crippen LogP contribution in [0.1, 0.15) is 27.7 Å². The molecule has 0 amide bonds. The molecule has 11 nitrogen and oxygen atoms in total. The number of ether oxygens (including phenoxy) is 1. The lowest BCUT2D eigenvalue weighted by Crippen LogP contribution is -2.86. The molecule has 0 aliphatic carbocycles. The molecular formula is C18H21ClN2O9S. The van der Waals surface area contributed by atoms with Gasteiger partial charge in [0.05, 0.1) is 17.4 Å². The van der Waals surface area contributed by atoms with Crippen molar-refractivity contribution in [1.82, 2.24) is 9.97 Å². The lowest BCUT2D eigenvalue weighted by molar-refractivity contribution is -0.311. The Morgan fingerprint density at radius 3 is 1.87 bits per heavy atom. The molecule has 0 saturated carbocycles. The van der Waals surface area contributed by atoms with E-state index in [9.17, 15) is 39.6 Å². The highest BCUT2D eigenvalue weighted by molar-refractivity contribution is 7.99. The largest absolute Gasteiger partial charge is 0.382 e. The fourth-order valence-corrected chi connectivity index (χ4v) is 4.69. The number of carbonyl (C=O) groups excluding carboxylic acids is 4. The van der Waals surface area contributed by atoms with Crippen molar-refractivity contribution in [2.24, 2.45) is 0 Å². The molecule has 1 aromatic heterocycles. The minimum absolute atomic E-state index is 0.135. The van der Waals surface area contributed by atoms with Crippen molar-refractivity contribution in [2.45, 2.75) is 67.3 Å². The van der Waals surface area contributed by atoms with Crippen molar-refractivity contribution < 1.29 is 44.3 Å². The van der Waals surface area contributed by atoms with E-state index in [-0.39, 0.29) is 10.2 Å². The fourth-order valence-electron chi connectivity index (χ4n) is 3.50. The molecule has 1 aliphatic rings. The summed E-state index contributed by atoms with van der Waals surface area (Å²) >= 11 is 6.17. The number of hydrogen-bond acceptors (Lipinski definition) is 12. The first kappa shape index (κ1) is 25.5. The van der Waals surface area contributed by atoms with Crippen molar-refractivity contribution in [2.75, 3.05) is 0 Å². The minimum Gasteiger partial charge on any atom is -0.382 e. The molecule has 0 bridgehead atoms. The van der Waals surface area contributed by atoms with E-state index in [4.69, 9.17) is 16.3 Å². The Kier molecular flexibility index (Phi) is 7.08. The van der Waals surface area contributed by atoms with Gasteiger partial charge in [-0.25, -0.2) is 9.97 Å². The molecule has 1 fully saturated rings. The molecule has 1 aromatic rings. The highest BCUT2D eigenvalue weighted by Crippen LogP contribution is 2.51. The van der Waals surface area contributed by atoms with Gasteiger partial charge in [0.2, 0.25) is 5.60 Å². The number of Topliss-reactive ketones (excluding diaryl/α,β-unsaturated/α-hetero) is 4. The van der Waals surface area contributed by atoms with Gasteiger partial charge in [0.15, 0.2) is 44.9 Å². The summed E-state index contributed by atoms with van der Waals surface area (Å²) in [5.41, 5.74) is -12.0. The van der Waals surface area contributed by atoms with Gasteiger partial charge in [-0.15, -0.1) is 0 Å². The van der Waals surface area contributed by atoms with Crippen molar-refractivity contribution in [1.29, 1.82) is 0 Å². The molecule has 0 aromatic carbocycles. The average molecular weight is 477 g/mol. The van der Waals surface area contributed by atoms with Crippen molar-refractivity contribution in [3.63, 3.8) is 0 Å². The van der Waals surface area contributed by atoms with Crippen LogP contribution in [0.5, 0.6) is 0 Å². The highest BCUT2D eigenvalue weighted by Gasteiger charge is 2.79. The van der Waals surface area contributed by atoms with E-state index in [1.165, 1.54) is 12.4 Å². The number of nitrogens with zero attached hydrogens (tertiary/aromatic N) is 2. The molecule has 13 heteroatoms. The number of ketones is 4. The first-order chi connectivity index (χ1) is 14.1. The molecule has 170 valence electrons. The van der Waals surface area contributed by atoms with Gasteiger partial charge in [-0.3, -0.25) is 19.2 Å². The predicted molar refractivity (Wildman–Crippen MR) is 105 cm³/mol. The van der Waals surface area contributed by atoms with Crippen LogP contribution in [0.2, 0.25) is 5.02 Å².